The van der Waals surface area contributed by atoms with Crippen LogP contribution in [-0.2, 0) is 35.2 Å². The van der Waals surface area contributed by atoms with Gasteiger partial charge in [-0.25, -0.2) is 4.79 Å². The smallest absolute Gasteiger partial charge is 0.326 e. The third-order valence-electron chi connectivity index (χ3n) is 5.47. The van der Waals surface area contributed by atoms with Gasteiger partial charge in [-0.15, -0.1) is 0 Å². The molecule has 2 aromatic rings. The molecule has 0 aliphatic rings. The number of nitrogens with one attached hydrogen (secondary N) is 4. The Balaban J connectivity index is 2.09. The highest BCUT2D eigenvalue weighted by atomic mass is 16.4. The van der Waals surface area contributed by atoms with E-state index in [4.69, 9.17) is 16.6 Å². The summed E-state index contributed by atoms with van der Waals surface area (Å²) in [5.41, 5.74) is 12.3. The molecule has 1 heterocycles. The lowest BCUT2D eigenvalue weighted by Gasteiger charge is -2.21. The van der Waals surface area contributed by atoms with Crippen LogP contribution < -0.4 is 27.4 Å². The minimum absolute atomic E-state index is 0.0191. The third kappa shape index (κ3) is 9.25. The van der Waals surface area contributed by atoms with E-state index in [0.717, 1.165) is 10.9 Å². The van der Waals surface area contributed by atoms with Gasteiger partial charge in [0.15, 0.2) is 0 Å². The lowest BCUT2D eigenvalue weighted by atomic mass is 10.0. The fraction of sp³-hybridized carbons (Fsp3) is 0.391. The standard InChI is InChI=1S/C23H30N6O8/c24-14(5-8-20(32)33)21(34)29-17(9-12-10-26-15-4-2-1-3-13(12)15)22(35)27-11-19(31)28-16(23(36)37)6-7-18(25)30/h1-4,10,14,16-17,26H,5-9,11,24H2,(H2,25,30)(H,27,35)(H,28,31)(H,29,34)(H,32,33)(H,36,37). The van der Waals surface area contributed by atoms with E-state index in [0.29, 0.717) is 5.56 Å². The SMILES string of the molecule is NC(=O)CCC(NC(=O)CNC(=O)C(Cc1c[nH]c2ccccc12)NC(=O)C(N)CCC(=O)O)C(=O)O. The predicted octanol–water partition coefficient (Wildman–Crippen LogP) is -1.66. The molecule has 14 nitrogen and oxygen atoms in total. The number of carboxylic acids is 2. The molecule has 0 spiro atoms. The van der Waals surface area contributed by atoms with Crippen LogP contribution in [0.3, 0.4) is 0 Å². The molecule has 0 saturated carbocycles. The average Bonchev–Trinajstić information content (AvgIpc) is 3.25. The van der Waals surface area contributed by atoms with Crippen LogP contribution in [0.25, 0.3) is 10.9 Å². The van der Waals surface area contributed by atoms with Crippen molar-refractivity contribution in [3.05, 3.63) is 36.0 Å². The summed E-state index contributed by atoms with van der Waals surface area (Å²) in [6, 6.07) is 3.53. The molecule has 0 saturated heterocycles. The second-order valence-corrected chi connectivity index (χ2v) is 8.34. The van der Waals surface area contributed by atoms with E-state index in [1.807, 2.05) is 18.2 Å². The first-order valence-electron chi connectivity index (χ1n) is 11.4. The zero-order valence-electron chi connectivity index (χ0n) is 19.9. The number of primary amides is 1. The summed E-state index contributed by atoms with van der Waals surface area (Å²) in [5, 5.41) is 25.9. The molecule has 1 aromatic heterocycles. The van der Waals surface area contributed by atoms with Gasteiger partial charge in [0.1, 0.15) is 12.1 Å². The molecule has 4 amide bonds. The topological polar surface area (TPSA) is 247 Å². The number of carbonyl (C=O) groups is 6. The van der Waals surface area contributed by atoms with E-state index in [2.05, 4.69) is 20.9 Å². The number of hydrogen-bond acceptors (Lipinski definition) is 7. The number of aliphatic carboxylic acids is 2. The number of para-hydroxylation sites is 1. The van der Waals surface area contributed by atoms with Crippen LogP contribution >= 0.6 is 0 Å². The summed E-state index contributed by atoms with van der Waals surface area (Å²) in [4.78, 5) is 73.8. The van der Waals surface area contributed by atoms with Crippen LogP contribution in [0.1, 0.15) is 31.2 Å². The van der Waals surface area contributed by atoms with Gasteiger partial charge < -0.3 is 42.6 Å². The monoisotopic (exact) mass is 518 g/mol. The van der Waals surface area contributed by atoms with Crippen molar-refractivity contribution >= 4 is 46.5 Å². The molecule has 3 atom stereocenters. The number of fused-ring (bicyclic) bond motifs is 1. The first kappa shape index (κ1) is 28.8. The molecule has 10 N–H and O–H groups in total. The summed E-state index contributed by atoms with van der Waals surface area (Å²) in [6.07, 6.45) is 0.722. The van der Waals surface area contributed by atoms with E-state index in [1.165, 1.54) is 0 Å². The van der Waals surface area contributed by atoms with Crippen LogP contribution in [0.15, 0.2) is 30.5 Å². The number of carbonyl (C=O) groups excluding carboxylic acids is 4. The molecule has 0 bridgehead atoms. The highest BCUT2D eigenvalue weighted by Gasteiger charge is 2.26. The number of benzene rings is 1. The van der Waals surface area contributed by atoms with E-state index >= 15 is 0 Å². The van der Waals surface area contributed by atoms with Crippen LogP contribution in [0.4, 0.5) is 0 Å². The third-order valence-corrected chi connectivity index (χ3v) is 5.47. The first-order chi connectivity index (χ1) is 17.5. The molecular formula is C23H30N6O8. The van der Waals surface area contributed by atoms with E-state index in [-0.39, 0.29) is 32.1 Å². The summed E-state index contributed by atoms with van der Waals surface area (Å²) in [7, 11) is 0. The Morgan fingerprint density at radius 2 is 1.62 bits per heavy atom. The second-order valence-electron chi connectivity index (χ2n) is 8.34. The number of hydrogen-bond donors (Lipinski definition) is 8. The molecule has 37 heavy (non-hydrogen) atoms. The van der Waals surface area contributed by atoms with Crippen molar-refractivity contribution in [3.63, 3.8) is 0 Å². The Morgan fingerprint density at radius 3 is 2.27 bits per heavy atom. The number of carboxylic acid groups (broad SMARTS) is 2. The van der Waals surface area contributed by atoms with Gasteiger partial charge in [-0.2, -0.15) is 0 Å². The molecular weight excluding hydrogens is 488 g/mol. The van der Waals surface area contributed by atoms with Gasteiger partial charge in [0.2, 0.25) is 23.6 Å². The predicted molar refractivity (Wildman–Crippen MR) is 130 cm³/mol. The lowest BCUT2D eigenvalue weighted by molar-refractivity contribution is -0.142. The normalized spacial score (nSPS) is 13.2. The molecule has 2 rings (SSSR count). The van der Waals surface area contributed by atoms with E-state index < -0.39 is 60.2 Å². The maximum atomic E-state index is 12.9. The number of aromatic amines is 1. The summed E-state index contributed by atoms with van der Waals surface area (Å²) in [6.45, 7) is -0.607. The minimum atomic E-state index is -1.38. The maximum Gasteiger partial charge on any atom is 0.326 e. The van der Waals surface area contributed by atoms with Gasteiger partial charge in [-0.05, 0) is 24.5 Å². The highest BCUT2D eigenvalue weighted by Crippen LogP contribution is 2.19. The summed E-state index contributed by atoms with van der Waals surface area (Å²) < 4.78 is 0. The molecule has 14 heteroatoms. The number of aromatic nitrogens is 1. The molecule has 1 aromatic carbocycles. The van der Waals surface area contributed by atoms with Crippen LogP contribution in [0.5, 0.6) is 0 Å². The largest absolute Gasteiger partial charge is 0.481 e. The summed E-state index contributed by atoms with van der Waals surface area (Å²) in [5.74, 6) is -5.56. The highest BCUT2D eigenvalue weighted by molar-refractivity contribution is 5.93. The number of nitrogens with two attached hydrogens (primary N) is 2. The van der Waals surface area contributed by atoms with Gasteiger partial charge in [-0.3, -0.25) is 24.0 Å². The Morgan fingerprint density at radius 1 is 0.919 bits per heavy atom. The molecule has 0 radical (unpaired) electrons. The van der Waals surface area contributed by atoms with Crippen molar-refractivity contribution in [1.82, 2.24) is 20.9 Å². The van der Waals surface area contributed by atoms with Gasteiger partial charge in [0.05, 0.1) is 12.6 Å². The molecule has 0 fully saturated rings. The zero-order valence-corrected chi connectivity index (χ0v) is 19.9. The zero-order chi connectivity index (χ0) is 27.5. The molecule has 200 valence electrons. The number of H-pyrrole nitrogens is 1. The fourth-order valence-corrected chi connectivity index (χ4v) is 3.50. The summed E-state index contributed by atoms with van der Waals surface area (Å²) >= 11 is 0. The second kappa shape index (κ2) is 13.6. The van der Waals surface area contributed by atoms with Crippen LogP contribution in [-0.4, -0.2) is 75.4 Å². The van der Waals surface area contributed by atoms with E-state index in [9.17, 15) is 33.9 Å². The quantitative estimate of drug-likeness (QED) is 0.134. The Hall–Kier alpha value is -4.46. The Labute approximate surface area is 211 Å². The van der Waals surface area contributed by atoms with Gasteiger partial charge in [0.25, 0.3) is 0 Å². The van der Waals surface area contributed by atoms with Crippen molar-refractivity contribution < 1.29 is 39.0 Å². The number of rotatable bonds is 15. The maximum absolute atomic E-state index is 12.9. The first-order valence-corrected chi connectivity index (χ1v) is 11.4. The van der Waals surface area contributed by atoms with E-state index in [1.54, 1.807) is 12.3 Å². The minimum Gasteiger partial charge on any atom is -0.481 e. The Kier molecular flexibility index (Phi) is 10.6. The average molecular weight is 519 g/mol. The van der Waals surface area contributed by atoms with Gasteiger partial charge in [0, 0.05) is 36.4 Å². The van der Waals surface area contributed by atoms with Crippen molar-refractivity contribution in [2.24, 2.45) is 11.5 Å². The molecule has 0 aliphatic heterocycles. The van der Waals surface area contributed by atoms with Gasteiger partial charge >= 0.3 is 11.9 Å². The van der Waals surface area contributed by atoms with Gasteiger partial charge in [-0.1, -0.05) is 18.2 Å². The molecule has 3 unspecified atom stereocenters. The fourth-order valence-electron chi connectivity index (χ4n) is 3.50. The van der Waals surface area contributed by atoms with Crippen molar-refractivity contribution in [2.75, 3.05) is 6.54 Å². The van der Waals surface area contributed by atoms with Crippen molar-refractivity contribution in [2.45, 2.75) is 50.2 Å². The van der Waals surface area contributed by atoms with Crippen molar-refractivity contribution in [3.8, 4) is 0 Å². The number of amides is 4. The van der Waals surface area contributed by atoms with Crippen LogP contribution in [0, 0.1) is 0 Å². The lowest BCUT2D eigenvalue weighted by Crippen LogP contribution is -2.54. The van der Waals surface area contributed by atoms with Crippen LogP contribution in [0.2, 0.25) is 0 Å². The Bertz CT molecular complexity index is 1160. The molecule has 0 aliphatic carbocycles. The van der Waals surface area contributed by atoms with Crippen molar-refractivity contribution in [1.29, 1.82) is 0 Å².